The van der Waals surface area contributed by atoms with E-state index in [1.165, 1.54) is 11.3 Å². The average molecular weight is 397 g/mol. The van der Waals surface area contributed by atoms with Crippen molar-refractivity contribution in [3.63, 3.8) is 0 Å². The summed E-state index contributed by atoms with van der Waals surface area (Å²) in [5.74, 6) is 0.557. The highest BCUT2D eigenvalue weighted by Crippen LogP contribution is 2.28. The fraction of sp³-hybridized carbons (Fsp3) is 0.632. The molecular formula is C19H29BrN2O2. The number of piperidine rings is 1. The largest absolute Gasteiger partial charge is 0.444 e. The lowest BCUT2D eigenvalue weighted by atomic mass is 9.90. The van der Waals surface area contributed by atoms with Crippen LogP contribution >= 0.6 is 15.9 Å². The first-order chi connectivity index (χ1) is 11.2. The summed E-state index contributed by atoms with van der Waals surface area (Å²) in [5, 5.41) is 3.64. The molecule has 5 heteroatoms. The molecule has 1 aliphatic rings. The van der Waals surface area contributed by atoms with E-state index in [2.05, 4.69) is 53.3 Å². The lowest BCUT2D eigenvalue weighted by molar-refractivity contribution is 0.0179. The lowest BCUT2D eigenvalue weighted by Crippen LogP contribution is -2.44. The predicted octanol–water partition coefficient (Wildman–Crippen LogP) is 5.21. The number of hydrogen-bond donors (Lipinski definition) is 1. The van der Waals surface area contributed by atoms with E-state index in [0.717, 1.165) is 30.4 Å². The third-order valence-electron chi connectivity index (χ3n) is 4.55. The van der Waals surface area contributed by atoms with E-state index in [1.807, 2.05) is 25.7 Å². The number of amides is 1. The summed E-state index contributed by atoms with van der Waals surface area (Å²) in [6.07, 6.45) is 1.81. The number of hydrogen-bond acceptors (Lipinski definition) is 3. The second-order valence-corrected chi connectivity index (χ2v) is 8.50. The fourth-order valence-electron chi connectivity index (χ4n) is 3.04. The number of rotatable bonds is 3. The van der Waals surface area contributed by atoms with Crippen molar-refractivity contribution in [2.45, 2.75) is 59.1 Å². The van der Waals surface area contributed by atoms with Crippen LogP contribution in [0.15, 0.2) is 22.7 Å². The Labute approximate surface area is 154 Å². The van der Waals surface area contributed by atoms with Crippen molar-refractivity contribution in [1.82, 2.24) is 4.90 Å². The summed E-state index contributed by atoms with van der Waals surface area (Å²) in [7, 11) is 0. The molecule has 1 aliphatic heterocycles. The number of carbonyl (C=O) groups is 1. The average Bonchev–Trinajstić information content (AvgIpc) is 2.50. The molecule has 24 heavy (non-hydrogen) atoms. The van der Waals surface area contributed by atoms with Gasteiger partial charge < -0.3 is 15.0 Å². The number of halogens is 1. The molecule has 1 unspecified atom stereocenters. The second kappa shape index (κ2) is 7.77. The van der Waals surface area contributed by atoms with Crippen molar-refractivity contribution in [1.29, 1.82) is 0 Å². The third kappa shape index (κ3) is 5.13. The van der Waals surface area contributed by atoms with E-state index in [1.54, 1.807) is 0 Å². The topological polar surface area (TPSA) is 41.6 Å². The summed E-state index contributed by atoms with van der Waals surface area (Å²) in [6.45, 7) is 11.6. The molecule has 1 heterocycles. The second-order valence-electron chi connectivity index (χ2n) is 7.65. The molecule has 1 N–H and O–H groups in total. The van der Waals surface area contributed by atoms with Gasteiger partial charge >= 0.3 is 6.09 Å². The number of benzene rings is 1. The molecular weight excluding hydrogens is 368 g/mol. The lowest BCUT2D eigenvalue weighted by Gasteiger charge is -2.36. The van der Waals surface area contributed by atoms with Gasteiger partial charge in [-0.25, -0.2) is 4.79 Å². The van der Waals surface area contributed by atoms with Crippen LogP contribution in [-0.2, 0) is 4.74 Å². The Morgan fingerprint density at radius 3 is 2.54 bits per heavy atom. The molecule has 1 saturated heterocycles. The zero-order valence-electron chi connectivity index (χ0n) is 15.4. The maximum Gasteiger partial charge on any atom is 0.410 e. The van der Waals surface area contributed by atoms with Gasteiger partial charge in [-0.3, -0.25) is 0 Å². The first-order valence-electron chi connectivity index (χ1n) is 8.67. The Bertz CT molecular complexity index is 575. The van der Waals surface area contributed by atoms with Crippen molar-refractivity contribution < 1.29 is 9.53 Å². The van der Waals surface area contributed by atoms with Crippen LogP contribution in [0.2, 0.25) is 0 Å². The van der Waals surface area contributed by atoms with E-state index in [9.17, 15) is 4.79 Å². The van der Waals surface area contributed by atoms with Crippen molar-refractivity contribution in [3.8, 4) is 0 Å². The van der Waals surface area contributed by atoms with E-state index < -0.39 is 5.60 Å². The molecule has 1 aromatic rings. The van der Waals surface area contributed by atoms with Crippen molar-refractivity contribution in [2.75, 3.05) is 18.4 Å². The first-order valence-corrected chi connectivity index (χ1v) is 9.46. The third-order valence-corrected chi connectivity index (χ3v) is 5.41. The number of nitrogens with one attached hydrogen (secondary N) is 1. The summed E-state index contributed by atoms with van der Waals surface area (Å²) in [4.78, 5) is 14.0. The van der Waals surface area contributed by atoms with E-state index in [0.29, 0.717) is 12.0 Å². The molecule has 4 nitrogen and oxygen atoms in total. The van der Waals surface area contributed by atoms with Gasteiger partial charge in [-0.15, -0.1) is 0 Å². The van der Waals surface area contributed by atoms with Crippen LogP contribution in [0.4, 0.5) is 10.5 Å². The number of ether oxygens (including phenoxy) is 1. The van der Waals surface area contributed by atoms with Gasteiger partial charge in [-0.1, -0.05) is 22.0 Å². The molecule has 134 valence electrons. The summed E-state index contributed by atoms with van der Waals surface area (Å²) in [6, 6.07) is 6.60. The fourth-order valence-corrected chi connectivity index (χ4v) is 3.40. The van der Waals surface area contributed by atoms with E-state index >= 15 is 0 Å². The summed E-state index contributed by atoms with van der Waals surface area (Å²) < 4.78 is 6.59. The Hall–Kier alpha value is -1.23. The SMILES string of the molecule is Cc1c(Br)cccc1NC(C)C1CCN(C(=O)OC(C)(C)C)CC1. The molecule has 0 saturated carbocycles. The number of anilines is 1. The highest BCUT2D eigenvalue weighted by atomic mass is 79.9. The maximum absolute atomic E-state index is 12.1. The van der Waals surface area contributed by atoms with Crippen LogP contribution in [-0.4, -0.2) is 35.7 Å². The minimum Gasteiger partial charge on any atom is -0.444 e. The maximum atomic E-state index is 12.1. The normalized spacial score (nSPS) is 17.5. The minimum atomic E-state index is -0.430. The number of carbonyl (C=O) groups excluding carboxylic acids is 1. The number of nitrogens with zero attached hydrogens (tertiary/aromatic N) is 1. The van der Waals surface area contributed by atoms with Crippen LogP contribution in [0.3, 0.4) is 0 Å². The monoisotopic (exact) mass is 396 g/mol. The van der Waals surface area contributed by atoms with Gasteiger partial charge in [-0.2, -0.15) is 0 Å². The van der Waals surface area contributed by atoms with Gasteiger partial charge in [0, 0.05) is 29.3 Å². The predicted molar refractivity (Wildman–Crippen MR) is 102 cm³/mol. The van der Waals surface area contributed by atoms with Gasteiger partial charge in [-0.05, 0) is 71.1 Å². The Balaban J connectivity index is 1.87. The van der Waals surface area contributed by atoms with E-state index in [-0.39, 0.29) is 6.09 Å². The van der Waals surface area contributed by atoms with Crippen molar-refractivity contribution >= 4 is 27.7 Å². The zero-order chi connectivity index (χ0) is 17.9. The molecule has 1 amide bonds. The van der Waals surface area contributed by atoms with Crippen LogP contribution in [0, 0.1) is 12.8 Å². The van der Waals surface area contributed by atoms with Gasteiger partial charge in [0.1, 0.15) is 5.60 Å². The highest BCUT2D eigenvalue weighted by molar-refractivity contribution is 9.10. The highest BCUT2D eigenvalue weighted by Gasteiger charge is 2.29. The standard InChI is InChI=1S/C19H29BrN2O2/c1-13-16(20)7-6-8-17(13)21-14(2)15-9-11-22(12-10-15)18(23)24-19(3,4)5/h6-8,14-15,21H,9-12H2,1-5H3. The molecule has 0 bridgehead atoms. The van der Waals surface area contributed by atoms with Gasteiger partial charge in [0.05, 0.1) is 0 Å². The Kier molecular flexibility index (Phi) is 6.18. The van der Waals surface area contributed by atoms with Gasteiger partial charge in [0.15, 0.2) is 0 Å². The molecule has 1 aromatic carbocycles. The van der Waals surface area contributed by atoms with Crippen LogP contribution in [0.25, 0.3) is 0 Å². The molecule has 1 fully saturated rings. The first kappa shape index (κ1) is 19.1. The summed E-state index contributed by atoms with van der Waals surface area (Å²) >= 11 is 3.58. The Morgan fingerprint density at radius 1 is 1.33 bits per heavy atom. The van der Waals surface area contributed by atoms with E-state index in [4.69, 9.17) is 4.74 Å². The van der Waals surface area contributed by atoms with Crippen LogP contribution in [0.5, 0.6) is 0 Å². The summed E-state index contributed by atoms with van der Waals surface area (Å²) in [5.41, 5.74) is 1.98. The molecule has 1 atom stereocenters. The molecule has 2 rings (SSSR count). The smallest absolute Gasteiger partial charge is 0.410 e. The van der Waals surface area contributed by atoms with Crippen molar-refractivity contribution in [2.24, 2.45) is 5.92 Å². The van der Waals surface area contributed by atoms with Crippen molar-refractivity contribution in [3.05, 3.63) is 28.2 Å². The number of likely N-dealkylation sites (tertiary alicyclic amines) is 1. The Morgan fingerprint density at radius 2 is 1.96 bits per heavy atom. The quantitative estimate of drug-likeness (QED) is 0.762. The molecule has 0 radical (unpaired) electrons. The molecule has 0 aliphatic carbocycles. The zero-order valence-corrected chi connectivity index (χ0v) is 16.9. The van der Waals surface area contributed by atoms with Crippen LogP contribution < -0.4 is 5.32 Å². The molecule has 0 aromatic heterocycles. The van der Waals surface area contributed by atoms with Crippen LogP contribution in [0.1, 0.15) is 46.1 Å². The minimum absolute atomic E-state index is 0.190. The van der Waals surface area contributed by atoms with Gasteiger partial charge in [0.2, 0.25) is 0 Å². The molecule has 0 spiro atoms. The van der Waals surface area contributed by atoms with Gasteiger partial charge in [0.25, 0.3) is 0 Å².